The molecule has 1 N–H and O–H groups in total. The van der Waals surface area contributed by atoms with Gasteiger partial charge in [-0.1, -0.05) is 60.9 Å². The maximum Gasteiger partial charge on any atom is 0.260 e. The first-order chi connectivity index (χ1) is 19.4. The van der Waals surface area contributed by atoms with E-state index in [1.54, 1.807) is 23.5 Å². The summed E-state index contributed by atoms with van der Waals surface area (Å²) in [5.41, 5.74) is 6.48. The van der Waals surface area contributed by atoms with Crippen molar-refractivity contribution < 1.29 is 9.59 Å². The molecule has 2 atom stereocenters. The molecule has 1 saturated carbocycles. The van der Waals surface area contributed by atoms with Crippen LogP contribution in [0.15, 0.2) is 76.5 Å². The lowest BCUT2D eigenvalue weighted by molar-refractivity contribution is -0.130. The average Bonchev–Trinajstić information content (AvgIpc) is 2.97. The quantitative estimate of drug-likeness (QED) is 0.226. The van der Waals surface area contributed by atoms with Gasteiger partial charge in [0.2, 0.25) is 0 Å². The SMILES string of the molecule is CSc1ccc(CCNC(=O)c2ccc(/C=C3\SC4CCCCC4N(Cc4cc(C)ccc4C)C3=O)cc2)cc1. The van der Waals surface area contributed by atoms with Gasteiger partial charge < -0.3 is 10.2 Å². The van der Waals surface area contributed by atoms with Crippen LogP contribution in [0.1, 0.15) is 63.9 Å². The van der Waals surface area contributed by atoms with Gasteiger partial charge in [-0.2, -0.15) is 0 Å². The van der Waals surface area contributed by atoms with Crippen LogP contribution in [0.25, 0.3) is 6.08 Å². The van der Waals surface area contributed by atoms with Gasteiger partial charge >= 0.3 is 0 Å². The zero-order valence-electron chi connectivity index (χ0n) is 23.6. The number of carbonyl (C=O) groups excluding carboxylic acids is 2. The van der Waals surface area contributed by atoms with E-state index in [0.29, 0.717) is 23.9 Å². The van der Waals surface area contributed by atoms with Crippen molar-refractivity contribution in [3.63, 3.8) is 0 Å². The highest BCUT2D eigenvalue weighted by Crippen LogP contribution is 2.43. The molecule has 5 rings (SSSR count). The van der Waals surface area contributed by atoms with E-state index in [1.807, 2.05) is 30.3 Å². The van der Waals surface area contributed by atoms with Crippen molar-refractivity contribution in [2.24, 2.45) is 0 Å². The van der Waals surface area contributed by atoms with E-state index >= 15 is 0 Å². The van der Waals surface area contributed by atoms with Crippen LogP contribution in [-0.4, -0.2) is 40.8 Å². The fraction of sp³-hybridized carbons (Fsp3) is 0.353. The van der Waals surface area contributed by atoms with Gasteiger partial charge in [0.25, 0.3) is 11.8 Å². The third kappa shape index (κ3) is 6.84. The third-order valence-electron chi connectivity index (χ3n) is 7.99. The number of hydrogen-bond acceptors (Lipinski definition) is 4. The minimum atomic E-state index is -0.0761. The highest BCUT2D eigenvalue weighted by molar-refractivity contribution is 8.04. The molecule has 4 nitrogen and oxygen atoms in total. The summed E-state index contributed by atoms with van der Waals surface area (Å²) >= 11 is 3.48. The number of thioether (sulfide) groups is 2. The first kappa shape index (κ1) is 28.6. The average molecular weight is 571 g/mol. The van der Waals surface area contributed by atoms with Gasteiger partial charge in [-0.25, -0.2) is 0 Å². The fourth-order valence-corrected chi connectivity index (χ4v) is 7.49. The van der Waals surface area contributed by atoms with Crippen LogP contribution in [0.4, 0.5) is 0 Å². The van der Waals surface area contributed by atoms with Crippen LogP contribution in [0, 0.1) is 13.8 Å². The summed E-state index contributed by atoms with van der Waals surface area (Å²) in [4.78, 5) is 30.7. The Labute approximate surface area is 247 Å². The van der Waals surface area contributed by atoms with Gasteiger partial charge in [-0.05, 0) is 92.0 Å². The van der Waals surface area contributed by atoms with Crippen molar-refractivity contribution in [3.05, 3.63) is 105 Å². The molecule has 0 radical (unpaired) electrons. The number of amides is 2. The number of benzene rings is 3. The van der Waals surface area contributed by atoms with E-state index in [4.69, 9.17) is 0 Å². The molecule has 1 heterocycles. The van der Waals surface area contributed by atoms with Crippen molar-refractivity contribution in [1.82, 2.24) is 10.2 Å². The minimum Gasteiger partial charge on any atom is -0.352 e. The molecule has 2 amide bonds. The number of nitrogens with one attached hydrogen (secondary N) is 1. The molecular formula is C34H38N2O2S2. The molecule has 1 aliphatic heterocycles. The summed E-state index contributed by atoms with van der Waals surface area (Å²) in [6.07, 6.45) is 9.50. The second kappa shape index (κ2) is 13.1. The van der Waals surface area contributed by atoms with Gasteiger partial charge in [-0.3, -0.25) is 9.59 Å². The van der Waals surface area contributed by atoms with E-state index in [1.165, 1.54) is 40.0 Å². The maximum absolute atomic E-state index is 13.8. The van der Waals surface area contributed by atoms with Crippen LogP contribution in [0.5, 0.6) is 0 Å². The molecule has 1 aliphatic carbocycles. The second-order valence-corrected chi connectivity index (χ2v) is 13.0. The summed E-state index contributed by atoms with van der Waals surface area (Å²) < 4.78 is 0. The van der Waals surface area contributed by atoms with E-state index < -0.39 is 0 Å². The number of aryl methyl sites for hydroxylation is 2. The van der Waals surface area contributed by atoms with Crippen LogP contribution < -0.4 is 5.32 Å². The van der Waals surface area contributed by atoms with Gasteiger partial charge in [0.15, 0.2) is 0 Å². The predicted octanol–water partition coefficient (Wildman–Crippen LogP) is 7.43. The lowest BCUT2D eigenvalue weighted by atomic mass is 9.92. The van der Waals surface area contributed by atoms with E-state index in [9.17, 15) is 9.59 Å². The highest BCUT2D eigenvalue weighted by Gasteiger charge is 2.40. The Morgan fingerprint density at radius 3 is 2.52 bits per heavy atom. The van der Waals surface area contributed by atoms with Gasteiger partial charge in [0, 0.05) is 34.8 Å². The fourth-order valence-electron chi connectivity index (χ4n) is 5.61. The topological polar surface area (TPSA) is 49.4 Å². The molecule has 208 valence electrons. The lowest BCUT2D eigenvalue weighted by Crippen LogP contribution is -2.50. The third-order valence-corrected chi connectivity index (χ3v) is 10.1. The number of carbonyl (C=O) groups is 2. The first-order valence-corrected chi connectivity index (χ1v) is 16.3. The van der Waals surface area contributed by atoms with Crippen molar-refractivity contribution >= 4 is 41.4 Å². The lowest BCUT2D eigenvalue weighted by Gasteiger charge is -2.44. The Kier molecular flexibility index (Phi) is 9.38. The molecule has 3 aromatic rings. The zero-order chi connectivity index (χ0) is 28.1. The van der Waals surface area contributed by atoms with Crippen molar-refractivity contribution in [2.45, 2.75) is 68.7 Å². The number of nitrogens with zero attached hydrogens (tertiary/aromatic N) is 1. The normalized spacial score (nSPS) is 19.9. The molecule has 1 saturated heterocycles. The van der Waals surface area contributed by atoms with E-state index in [2.05, 4.69) is 72.8 Å². The second-order valence-electron chi connectivity index (χ2n) is 10.9. The Bertz CT molecular complexity index is 1380. The zero-order valence-corrected chi connectivity index (χ0v) is 25.2. The maximum atomic E-state index is 13.8. The molecule has 0 spiro atoms. The molecule has 0 bridgehead atoms. The molecule has 0 aromatic heterocycles. The van der Waals surface area contributed by atoms with Crippen LogP contribution in [0.3, 0.4) is 0 Å². The molecular weight excluding hydrogens is 533 g/mol. The van der Waals surface area contributed by atoms with Crippen molar-refractivity contribution in [2.75, 3.05) is 12.8 Å². The standard InChI is InChI=1S/C34H38N2O2S2/c1-23-8-9-24(2)28(20-23)22-36-30-6-4-5-7-31(30)40-32(34(36)38)21-26-10-14-27(15-11-26)33(37)35-19-18-25-12-16-29(39-3)17-13-25/h8-17,20-21,30-31H,4-7,18-19,22H2,1-3H3,(H,35,37)/b32-21-. The van der Waals surface area contributed by atoms with E-state index in [0.717, 1.165) is 29.7 Å². The number of fused-ring (bicyclic) bond motifs is 1. The van der Waals surface area contributed by atoms with Gasteiger partial charge in [0.1, 0.15) is 0 Å². The molecule has 6 heteroatoms. The largest absolute Gasteiger partial charge is 0.352 e. The Morgan fingerprint density at radius 1 is 1.02 bits per heavy atom. The summed E-state index contributed by atoms with van der Waals surface area (Å²) in [6, 6.07) is 22.8. The van der Waals surface area contributed by atoms with Crippen molar-refractivity contribution in [1.29, 1.82) is 0 Å². The summed E-state index contributed by atoms with van der Waals surface area (Å²) in [5, 5.41) is 3.46. The molecule has 40 heavy (non-hydrogen) atoms. The van der Waals surface area contributed by atoms with Crippen LogP contribution in [0.2, 0.25) is 0 Å². The van der Waals surface area contributed by atoms with Crippen LogP contribution >= 0.6 is 23.5 Å². The minimum absolute atomic E-state index is 0.0761. The smallest absolute Gasteiger partial charge is 0.260 e. The monoisotopic (exact) mass is 570 g/mol. The molecule has 2 aliphatic rings. The summed E-state index contributed by atoms with van der Waals surface area (Å²) in [7, 11) is 0. The van der Waals surface area contributed by atoms with Gasteiger partial charge in [0.05, 0.1) is 4.91 Å². The Balaban J connectivity index is 1.25. The number of rotatable bonds is 8. The van der Waals surface area contributed by atoms with Gasteiger partial charge in [-0.15, -0.1) is 23.5 Å². The Morgan fingerprint density at radius 2 is 1.77 bits per heavy atom. The molecule has 2 fully saturated rings. The highest BCUT2D eigenvalue weighted by atomic mass is 32.2. The van der Waals surface area contributed by atoms with Crippen LogP contribution in [-0.2, 0) is 17.8 Å². The van der Waals surface area contributed by atoms with E-state index in [-0.39, 0.29) is 17.9 Å². The van der Waals surface area contributed by atoms with Crippen molar-refractivity contribution in [3.8, 4) is 0 Å². The predicted molar refractivity (Wildman–Crippen MR) is 169 cm³/mol. The summed E-state index contributed by atoms with van der Waals surface area (Å²) in [6.45, 7) is 5.49. The number of hydrogen-bond donors (Lipinski definition) is 1. The Hall–Kier alpha value is -2.96. The summed E-state index contributed by atoms with van der Waals surface area (Å²) in [5.74, 6) is 0.0502. The molecule has 2 unspecified atom stereocenters. The first-order valence-electron chi connectivity index (χ1n) is 14.2. The molecule has 3 aromatic carbocycles.